The van der Waals surface area contributed by atoms with Crippen LogP contribution < -0.4 is 10.1 Å². The molecule has 0 aliphatic carbocycles. The molecule has 0 unspecified atom stereocenters. The Morgan fingerprint density at radius 1 is 1.14 bits per heavy atom. The second-order valence-electron chi connectivity index (χ2n) is 8.07. The van der Waals surface area contributed by atoms with Gasteiger partial charge in [0.25, 0.3) is 5.91 Å². The van der Waals surface area contributed by atoms with Crippen LogP contribution in [-0.4, -0.2) is 61.5 Å². The fourth-order valence-electron chi connectivity index (χ4n) is 3.89. The SMILES string of the molecule is COCCN(CC(=O)N1N=C(c2ccc(F)cc2)C[C@@H]1c1ccco1)C(=O)Nc1ccccc1OC. The summed E-state index contributed by atoms with van der Waals surface area (Å²) in [7, 11) is 3.03. The summed E-state index contributed by atoms with van der Waals surface area (Å²) < 4.78 is 29.4. The van der Waals surface area contributed by atoms with E-state index in [1.165, 1.54) is 42.5 Å². The van der Waals surface area contributed by atoms with Gasteiger partial charge in [-0.1, -0.05) is 24.3 Å². The third-order valence-corrected chi connectivity index (χ3v) is 5.74. The Hall–Kier alpha value is -4.18. The van der Waals surface area contributed by atoms with Crippen LogP contribution in [0.15, 0.2) is 76.4 Å². The highest BCUT2D eigenvalue weighted by Crippen LogP contribution is 2.33. The maximum Gasteiger partial charge on any atom is 0.322 e. The Labute approximate surface area is 208 Å². The molecule has 3 aromatic rings. The molecule has 1 atom stereocenters. The molecule has 36 heavy (non-hydrogen) atoms. The van der Waals surface area contributed by atoms with E-state index in [9.17, 15) is 14.0 Å². The molecule has 0 saturated carbocycles. The van der Waals surface area contributed by atoms with E-state index >= 15 is 0 Å². The second-order valence-corrected chi connectivity index (χ2v) is 8.07. The van der Waals surface area contributed by atoms with Crippen LogP contribution in [0.25, 0.3) is 0 Å². The molecule has 3 amide bonds. The van der Waals surface area contributed by atoms with Crippen molar-refractivity contribution in [3.8, 4) is 5.75 Å². The number of hydrogen-bond acceptors (Lipinski definition) is 6. The van der Waals surface area contributed by atoms with E-state index in [0.29, 0.717) is 34.9 Å². The molecule has 0 bridgehead atoms. The average Bonchev–Trinajstić information content (AvgIpc) is 3.57. The van der Waals surface area contributed by atoms with Crippen LogP contribution in [0.1, 0.15) is 23.8 Å². The number of para-hydroxylation sites is 2. The van der Waals surface area contributed by atoms with Gasteiger partial charge in [-0.05, 0) is 42.0 Å². The molecular weight excluding hydrogens is 467 g/mol. The smallest absolute Gasteiger partial charge is 0.322 e. The summed E-state index contributed by atoms with van der Waals surface area (Å²) in [6.45, 7) is 0.164. The van der Waals surface area contributed by atoms with Crippen molar-refractivity contribution < 1.29 is 27.9 Å². The highest BCUT2D eigenvalue weighted by Gasteiger charge is 2.36. The lowest BCUT2D eigenvalue weighted by Gasteiger charge is -2.26. The number of furan rings is 1. The molecule has 0 saturated heterocycles. The van der Waals surface area contributed by atoms with Crippen LogP contribution >= 0.6 is 0 Å². The number of halogens is 1. The number of methoxy groups -OCH3 is 2. The highest BCUT2D eigenvalue weighted by atomic mass is 19.1. The van der Waals surface area contributed by atoms with Crippen molar-refractivity contribution >= 4 is 23.3 Å². The molecule has 10 heteroatoms. The van der Waals surface area contributed by atoms with Crippen LogP contribution in [0.3, 0.4) is 0 Å². The summed E-state index contributed by atoms with van der Waals surface area (Å²) in [5, 5.41) is 8.66. The minimum absolute atomic E-state index is 0.178. The van der Waals surface area contributed by atoms with Crippen LogP contribution in [0.2, 0.25) is 0 Å². The first kappa shape index (κ1) is 24.9. The molecular formula is C26H27FN4O5. The van der Waals surface area contributed by atoms with Gasteiger partial charge in [0.1, 0.15) is 29.9 Å². The number of anilines is 1. The molecule has 1 aliphatic rings. The molecule has 1 aromatic heterocycles. The van der Waals surface area contributed by atoms with Crippen molar-refractivity contribution in [1.29, 1.82) is 0 Å². The lowest BCUT2D eigenvalue weighted by atomic mass is 10.0. The molecule has 1 aliphatic heterocycles. The predicted molar refractivity (Wildman–Crippen MR) is 131 cm³/mol. The Morgan fingerprint density at radius 2 is 1.92 bits per heavy atom. The van der Waals surface area contributed by atoms with Crippen LogP contribution in [0.5, 0.6) is 5.75 Å². The predicted octanol–water partition coefficient (Wildman–Crippen LogP) is 4.29. The van der Waals surface area contributed by atoms with E-state index in [-0.39, 0.29) is 25.5 Å². The van der Waals surface area contributed by atoms with Crippen molar-refractivity contribution in [3.05, 3.63) is 84.1 Å². The standard InChI is InChI=1S/C26H27FN4O5/c1-34-15-13-30(26(33)28-20-6-3-4-7-23(20)35-2)17-25(32)31-22(24-8-5-14-36-24)16-21(29-31)18-9-11-19(27)12-10-18/h3-12,14,22H,13,15-17H2,1-2H3,(H,28,33)/t22-/m1/s1. The van der Waals surface area contributed by atoms with Crippen molar-refractivity contribution in [2.45, 2.75) is 12.5 Å². The normalized spacial score (nSPS) is 14.9. The van der Waals surface area contributed by atoms with E-state index in [0.717, 1.165) is 0 Å². The van der Waals surface area contributed by atoms with E-state index in [2.05, 4.69) is 10.4 Å². The lowest BCUT2D eigenvalue weighted by Crippen LogP contribution is -2.44. The lowest BCUT2D eigenvalue weighted by molar-refractivity contribution is -0.134. The van der Waals surface area contributed by atoms with Gasteiger partial charge in [-0.15, -0.1) is 0 Å². The number of carbonyl (C=O) groups excluding carboxylic acids is 2. The molecule has 188 valence electrons. The van der Waals surface area contributed by atoms with Gasteiger partial charge in [0.05, 0.1) is 31.4 Å². The van der Waals surface area contributed by atoms with Gasteiger partial charge in [0.2, 0.25) is 0 Å². The number of hydrazone groups is 1. The maximum atomic E-state index is 13.5. The van der Waals surface area contributed by atoms with Crippen molar-refractivity contribution in [2.24, 2.45) is 5.10 Å². The number of rotatable bonds is 9. The van der Waals surface area contributed by atoms with Gasteiger partial charge >= 0.3 is 6.03 Å². The molecule has 2 heterocycles. The average molecular weight is 495 g/mol. The summed E-state index contributed by atoms with van der Waals surface area (Å²) in [4.78, 5) is 27.9. The minimum atomic E-state index is -0.492. The molecule has 0 spiro atoms. The number of hydrogen-bond donors (Lipinski definition) is 1. The van der Waals surface area contributed by atoms with Crippen LogP contribution in [-0.2, 0) is 9.53 Å². The van der Waals surface area contributed by atoms with Crippen molar-refractivity contribution in [2.75, 3.05) is 39.2 Å². The second kappa shape index (κ2) is 11.5. The Morgan fingerprint density at radius 3 is 2.61 bits per heavy atom. The van der Waals surface area contributed by atoms with Crippen molar-refractivity contribution in [3.63, 3.8) is 0 Å². The fourth-order valence-corrected chi connectivity index (χ4v) is 3.89. The first-order chi connectivity index (χ1) is 17.5. The number of carbonyl (C=O) groups is 2. The zero-order valence-electron chi connectivity index (χ0n) is 20.0. The zero-order valence-corrected chi connectivity index (χ0v) is 20.0. The summed E-state index contributed by atoms with van der Waals surface area (Å²) >= 11 is 0. The minimum Gasteiger partial charge on any atom is -0.495 e. The third-order valence-electron chi connectivity index (χ3n) is 5.74. The quantitative estimate of drug-likeness (QED) is 0.479. The number of urea groups is 1. The number of amides is 3. The zero-order chi connectivity index (χ0) is 25.5. The van der Waals surface area contributed by atoms with E-state index < -0.39 is 18.0 Å². The molecule has 9 nitrogen and oxygen atoms in total. The number of ether oxygens (including phenoxy) is 2. The summed E-state index contributed by atoms with van der Waals surface area (Å²) in [5.41, 5.74) is 1.80. The molecule has 4 rings (SSSR count). The first-order valence-electron chi connectivity index (χ1n) is 11.4. The van der Waals surface area contributed by atoms with Crippen LogP contribution in [0.4, 0.5) is 14.9 Å². The van der Waals surface area contributed by atoms with E-state index in [1.54, 1.807) is 48.5 Å². The van der Waals surface area contributed by atoms with Gasteiger partial charge in [0.15, 0.2) is 0 Å². The largest absolute Gasteiger partial charge is 0.495 e. The monoisotopic (exact) mass is 494 g/mol. The number of benzene rings is 2. The number of nitrogens with zero attached hydrogens (tertiary/aromatic N) is 3. The fraction of sp³-hybridized carbons (Fsp3) is 0.269. The van der Waals surface area contributed by atoms with E-state index in [4.69, 9.17) is 13.9 Å². The first-order valence-corrected chi connectivity index (χ1v) is 11.4. The summed E-state index contributed by atoms with van der Waals surface area (Å²) in [6.07, 6.45) is 1.91. The Kier molecular flexibility index (Phi) is 7.96. The van der Waals surface area contributed by atoms with Gasteiger partial charge in [-0.2, -0.15) is 5.10 Å². The summed E-state index contributed by atoms with van der Waals surface area (Å²) in [5.74, 6) is 0.295. The summed E-state index contributed by atoms with van der Waals surface area (Å²) in [6, 6.07) is 15.5. The molecule has 2 aromatic carbocycles. The van der Waals surface area contributed by atoms with E-state index in [1.807, 2.05) is 0 Å². The Bertz CT molecular complexity index is 1210. The van der Waals surface area contributed by atoms with Gasteiger partial charge < -0.3 is 24.1 Å². The van der Waals surface area contributed by atoms with Crippen molar-refractivity contribution in [1.82, 2.24) is 9.91 Å². The highest BCUT2D eigenvalue weighted by molar-refractivity contribution is 6.03. The maximum absolute atomic E-state index is 13.5. The molecule has 1 N–H and O–H groups in total. The van der Waals surface area contributed by atoms with Gasteiger partial charge in [0, 0.05) is 20.1 Å². The Balaban J connectivity index is 1.55. The number of nitrogens with one attached hydrogen (secondary N) is 1. The van der Waals surface area contributed by atoms with Gasteiger partial charge in [-0.3, -0.25) is 4.79 Å². The molecule has 0 fully saturated rings. The molecule has 0 radical (unpaired) electrons. The topological polar surface area (TPSA) is 96.6 Å². The van der Waals surface area contributed by atoms with Gasteiger partial charge in [-0.25, -0.2) is 14.2 Å². The van der Waals surface area contributed by atoms with Crippen LogP contribution in [0, 0.1) is 5.82 Å². The third kappa shape index (κ3) is 5.72.